The Morgan fingerprint density at radius 1 is 0.605 bits per heavy atom. The Labute approximate surface area is 216 Å². The molecule has 0 spiro atoms. The van der Waals surface area contributed by atoms with Crippen LogP contribution in [0.5, 0.6) is 11.5 Å². The average Bonchev–Trinajstić information content (AvgIpc) is 2.92. The van der Waals surface area contributed by atoms with Crippen LogP contribution in [0.15, 0.2) is 68.3 Å². The maximum atomic E-state index is 13.0. The van der Waals surface area contributed by atoms with Gasteiger partial charge in [-0.05, 0) is 62.4 Å². The van der Waals surface area contributed by atoms with Gasteiger partial charge in [-0.3, -0.25) is 20.4 Å². The summed E-state index contributed by atoms with van der Waals surface area (Å²) in [7, 11) is 3.15. The maximum absolute atomic E-state index is 13.0. The van der Waals surface area contributed by atoms with Crippen LogP contribution in [0.1, 0.15) is 22.8 Å². The number of ether oxygens (including phenoxy) is 2. The standard InChI is InChI=1S/C26H24N8O4/c1-13-27-21(15-5-9-17(37-3)10-6-15)19(25(35)29-13)23-31-33-24(34-32-23)20-22(28-14(2)30-26(20)36)16-7-11-18(38-4)12-8-16/h5-12H,1-4H3,(H,31,32)(H,33,34)(H,27,29,35)(H,28,30,36). The molecule has 1 aliphatic rings. The van der Waals surface area contributed by atoms with Crippen LogP contribution in [0, 0.1) is 13.8 Å². The number of aryl methyl sites for hydroxylation is 2. The summed E-state index contributed by atoms with van der Waals surface area (Å²) in [5.41, 5.74) is 7.38. The summed E-state index contributed by atoms with van der Waals surface area (Å²) < 4.78 is 10.5. The van der Waals surface area contributed by atoms with E-state index in [1.807, 2.05) is 0 Å². The molecule has 2 aromatic heterocycles. The van der Waals surface area contributed by atoms with E-state index in [-0.39, 0.29) is 22.8 Å². The number of aromatic amines is 2. The largest absolute Gasteiger partial charge is 0.497 e. The molecule has 0 saturated carbocycles. The third-order valence-electron chi connectivity index (χ3n) is 5.82. The highest BCUT2D eigenvalue weighted by molar-refractivity contribution is 6.09. The van der Waals surface area contributed by atoms with Gasteiger partial charge in [0.05, 0.1) is 25.6 Å². The lowest BCUT2D eigenvalue weighted by Crippen LogP contribution is -2.40. The van der Waals surface area contributed by atoms with Crippen LogP contribution in [-0.2, 0) is 0 Å². The highest BCUT2D eigenvalue weighted by Gasteiger charge is 2.24. The topological polar surface area (TPSA) is 159 Å². The van der Waals surface area contributed by atoms with Crippen LogP contribution in [0.3, 0.4) is 0 Å². The molecule has 0 unspecified atom stereocenters. The zero-order valence-corrected chi connectivity index (χ0v) is 21.0. The van der Waals surface area contributed by atoms with E-state index in [0.29, 0.717) is 45.7 Å². The summed E-state index contributed by atoms with van der Waals surface area (Å²) in [6.45, 7) is 3.39. The van der Waals surface area contributed by atoms with Crippen molar-refractivity contribution < 1.29 is 9.47 Å². The molecule has 12 heteroatoms. The Morgan fingerprint density at radius 3 is 1.29 bits per heavy atom. The molecule has 3 heterocycles. The molecule has 1 aliphatic heterocycles. The monoisotopic (exact) mass is 512 g/mol. The van der Waals surface area contributed by atoms with Crippen molar-refractivity contribution >= 4 is 11.7 Å². The Bertz CT molecular complexity index is 1560. The summed E-state index contributed by atoms with van der Waals surface area (Å²) in [4.78, 5) is 40.5. The number of hydrogen-bond donors (Lipinski definition) is 4. The molecule has 0 saturated heterocycles. The smallest absolute Gasteiger partial charge is 0.262 e. The van der Waals surface area contributed by atoms with Gasteiger partial charge in [0, 0.05) is 11.1 Å². The van der Waals surface area contributed by atoms with Gasteiger partial charge in [-0.2, -0.15) is 10.2 Å². The number of amidine groups is 2. The lowest BCUT2D eigenvalue weighted by Gasteiger charge is -2.18. The number of hydrazone groups is 2. The van der Waals surface area contributed by atoms with Crippen LogP contribution in [0.4, 0.5) is 0 Å². The zero-order valence-electron chi connectivity index (χ0n) is 21.0. The summed E-state index contributed by atoms with van der Waals surface area (Å²) >= 11 is 0. The van der Waals surface area contributed by atoms with Crippen LogP contribution in [-0.4, -0.2) is 45.8 Å². The van der Waals surface area contributed by atoms with Gasteiger partial charge in [0.1, 0.15) is 34.3 Å². The number of rotatable bonds is 6. The first kappa shape index (κ1) is 24.4. The van der Waals surface area contributed by atoms with Gasteiger partial charge in [-0.1, -0.05) is 0 Å². The summed E-state index contributed by atoms with van der Waals surface area (Å²) in [5, 5.41) is 8.67. The number of hydrogen-bond acceptors (Lipinski definition) is 10. The second-order valence-corrected chi connectivity index (χ2v) is 8.35. The number of aromatic nitrogens is 4. The predicted molar refractivity (Wildman–Crippen MR) is 143 cm³/mol. The molecular formula is C26H24N8O4. The predicted octanol–water partition coefficient (Wildman–Crippen LogP) is 2.04. The molecule has 0 bridgehead atoms. The van der Waals surface area contributed by atoms with Gasteiger partial charge in [0.2, 0.25) is 0 Å². The highest BCUT2D eigenvalue weighted by Crippen LogP contribution is 2.25. The van der Waals surface area contributed by atoms with Crippen molar-refractivity contribution in [1.29, 1.82) is 0 Å². The quantitative estimate of drug-likeness (QED) is 0.305. The Kier molecular flexibility index (Phi) is 6.44. The molecule has 4 N–H and O–H groups in total. The molecule has 12 nitrogen and oxygen atoms in total. The minimum atomic E-state index is -0.399. The molecule has 0 atom stereocenters. The van der Waals surface area contributed by atoms with Crippen molar-refractivity contribution in [2.45, 2.75) is 13.8 Å². The Hall–Kier alpha value is -5.26. The minimum absolute atomic E-state index is 0.135. The number of H-pyrrole nitrogens is 2. The molecule has 0 fully saturated rings. The van der Waals surface area contributed by atoms with Crippen LogP contribution in [0.25, 0.3) is 22.5 Å². The van der Waals surface area contributed by atoms with E-state index in [2.05, 4.69) is 41.0 Å². The first-order chi connectivity index (χ1) is 18.4. The number of methoxy groups -OCH3 is 2. The second kappa shape index (κ2) is 10.0. The van der Waals surface area contributed by atoms with Crippen molar-refractivity contribution in [3.05, 3.63) is 92.0 Å². The molecule has 0 radical (unpaired) electrons. The summed E-state index contributed by atoms with van der Waals surface area (Å²) in [5.74, 6) is 2.50. The van der Waals surface area contributed by atoms with E-state index in [0.717, 1.165) is 0 Å². The molecule has 2 aromatic carbocycles. The van der Waals surface area contributed by atoms with E-state index < -0.39 is 11.1 Å². The molecule has 192 valence electrons. The second-order valence-electron chi connectivity index (χ2n) is 8.35. The van der Waals surface area contributed by atoms with E-state index in [1.165, 1.54) is 0 Å². The van der Waals surface area contributed by atoms with Crippen molar-refractivity contribution in [3.63, 3.8) is 0 Å². The molecule has 0 aliphatic carbocycles. The number of nitrogens with zero attached hydrogens (tertiary/aromatic N) is 4. The van der Waals surface area contributed by atoms with Crippen LogP contribution >= 0.6 is 0 Å². The lowest BCUT2D eigenvalue weighted by atomic mass is 10.1. The molecular weight excluding hydrogens is 488 g/mol. The van der Waals surface area contributed by atoms with E-state index >= 15 is 0 Å². The van der Waals surface area contributed by atoms with Crippen LogP contribution in [0.2, 0.25) is 0 Å². The Morgan fingerprint density at radius 2 is 0.974 bits per heavy atom. The van der Waals surface area contributed by atoms with Crippen molar-refractivity contribution in [1.82, 2.24) is 30.8 Å². The highest BCUT2D eigenvalue weighted by atomic mass is 16.5. The lowest BCUT2D eigenvalue weighted by molar-refractivity contribution is 0.415. The zero-order chi connectivity index (χ0) is 26.8. The summed E-state index contributed by atoms with van der Waals surface area (Å²) in [6.07, 6.45) is 0. The number of benzene rings is 2. The van der Waals surface area contributed by atoms with Crippen molar-refractivity contribution in [2.24, 2.45) is 10.2 Å². The van der Waals surface area contributed by atoms with Crippen molar-refractivity contribution in [3.8, 4) is 34.0 Å². The van der Waals surface area contributed by atoms with Gasteiger partial charge in [0.15, 0.2) is 11.7 Å². The number of nitrogens with one attached hydrogen (secondary N) is 4. The van der Waals surface area contributed by atoms with Gasteiger partial charge >= 0.3 is 0 Å². The molecule has 38 heavy (non-hydrogen) atoms. The van der Waals surface area contributed by atoms with E-state index in [1.54, 1.807) is 76.6 Å². The van der Waals surface area contributed by atoms with Gasteiger partial charge in [-0.25, -0.2) is 9.97 Å². The van der Waals surface area contributed by atoms with Crippen LogP contribution < -0.4 is 31.4 Å². The van der Waals surface area contributed by atoms with Gasteiger partial charge < -0.3 is 19.4 Å². The normalized spacial score (nSPS) is 12.6. The molecule has 5 rings (SSSR count). The average molecular weight is 513 g/mol. The van der Waals surface area contributed by atoms with E-state index in [4.69, 9.17) is 9.47 Å². The first-order valence-electron chi connectivity index (χ1n) is 11.6. The summed E-state index contributed by atoms with van der Waals surface area (Å²) in [6, 6.07) is 14.3. The fraction of sp³-hybridized carbons (Fsp3) is 0.154. The first-order valence-corrected chi connectivity index (χ1v) is 11.6. The fourth-order valence-corrected chi connectivity index (χ4v) is 4.02. The third kappa shape index (κ3) is 4.62. The van der Waals surface area contributed by atoms with Gasteiger partial charge in [-0.15, -0.1) is 0 Å². The maximum Gasteiger partial charge on any atom is 0.262 e. The van der Waals surface area contributed by atoms with Crippen molar-refractivity contribution in [2.75, 3.05) is 14.2 Å². The fourth-order valence-electron chi connectivity index (χ4n) is 4.02. The Balaban J connectivity index is 1.53. The van der Waals surface area contributed by atoms with E-state index in [9.17, 15) is 9.59 Å². The molecule has 0 amide bonds. The SMILES string of the molecule is COc1ccc(-c2nc(C)[nH]c(=O)c2C2=NNC(c3c(-c4ccc(OC)cc4)nc(C)[nH]c3=O)=NN2)cc1. The van der Waals surface area contributed by atoms with Gasteiger partial charge in [0.25, 0.3) is 11.1 Å². The minimum Gasteiger partial charge on any atom is -0.497 e. The molecule has 4 aromatic rings. The third-order valence-corrected chi connectivity index (χ3v) is 5.82.